The van der Waals surface area contributed by atoms with Crippen LogP contribution in [0.25, 0.3) is 0 Å². The van der Waals surface area contributed by atoms with E-state index in [2.05, 4.69) is 46.4 Å². The van der Waals surface area contributed by atoms with Crippen molar-refractivity contribution in [2.75, 3.05) is 17.3 Å². The normalized spacial score (nSPS) is 13.4. The number of hydrogen-bond donors (Lipinski definition) is 1. The highest BCUT2D eigenvalue weighted by Crippen LogP contribution is 2.28. The predicted molar refractivity (Wildman–Crippen MR) is 81.9 cm³/mol. The minimum Gasteiger partial charge on any atom is -0.373 e. The first-order chi connectivity index (χ1) is 9.80. The maximum atomic E-state index is 4.71. The summed E-state index contributed by atoms with van der Waals surface area (Å²) in [5, 5.41) is 3.13. The fourth-order valence-corrected chi connectivity index (χ4v) is 2.60. The molecule has 0 saturated carbocycles. The monoisotopic (exact) mass is 268 g/mol. The lowest BCUT2D eigenvalue weighted by Crippen LogP contribution is -2.17. The van der Waals surface area contributed by atoms with Gasteiger partial charge in [-0.25, -0.2) is 9.97 Å². The van der Waals surface area contributed by atoms with Gasteiger partial charge in [0.05, 0.1) is 0 Å². The van der Waals surface area contributed by atoms with Crippen molar-refractivity contribution < 1.29 is 0 Å². The summed E-state index contributed by atoms with van der Waals surface area (Å²) in [6.45, 7) is 4.02. The number of nitrogens with one attached hydrogen (secondary N) is 1. The number of benzene rings is 1. The van der Waals surface area contributed by atoms with Crippen molar-refractivity contribution >= 4 is 11.6 Å². The molecule has 1 aromatic carbocycles. The molecule has 1 aliphatic rings. The number of aromatic nitrogens is 2. The number of anilines is 2. The van der Waals surface area contributed by atoms with Crippen LogP contribution in [0.3, 0.4) is 0 Å². The molecule has 4 heteroatoms. The first-order valence-electron chi connectivity index (χ1n) is 7.17. The van der Waals surface area contributed by atoms with Gasteiger partial charge in [-0.2, -0.15) is 0 Å². The lowest BCUT2D eigenvalue weighted by atomic mass is 10.1. The van der Waals surface area contributed by atoms with Gasteiger partial charge in [0.25, 0.3) is 0 Å². The third kappa shape index (κ3) is 2.46. The molecule has 0 aliphatic carbocycles. The van der Waals surface area contributed by atoms with Gasteiger partial charge in [0, 0.05) is 32.6 Å². The van der Waals surface area contributed by atoms with Crippen LogP contribution in [0.15, 0.2) is 30.3 Å². The zero-order valence-corrected chi connectivity index (χ0v) is 12.1. The smallest absolute Gasteiger partial charge is 0.135 e. The average molecular weight is 268 g/mol. The Morgan fingerprint density at radius 3 is 2.45 bits per heavy atom. The van der Waals surface area contributed by atoms with Crippen molar-refractivity contribution in [1.29, 1.82) is 0 Å². The van der Waals surface area contributed by atoms with Gasteiger partial charge in [0.1, 0.15) is 17.5 Å². The predicted octanol–water partition coefficient (Wildman–Crippen LogP) is 2.99. The molecule has 4 nitrogen and oxygen atoms in total. The third-order valence-corrected chi connectivity index (χ3v) is 3.65. The number of aryl methyl sites for hydroxylation is 1. The van der Waals surface area contributed by atoms with Crippen molar-refractivity contribution in [3.8, 4) is 0 Å². The second kappa shape index (κ2) is 5.49. The molecule has 1 N–H and O–H groups in total. The summed E-state index contributed by atoms with van der Waals surface area (Å²) in [5.74, 6) is 2.84. The summed E-state index contributed by atoms with van der Waals surface area (Å²) in [4.78, 5) is 11.5. The molecule has 1 aromatic heterocycles. The van der Waals surface area contributed by atoms with Crippen LogP contribution >= 0.6 is 0 Å². The fourth-order valence-electron chi connectivity index (χ4n) is 2.60. The fraction of sp³-hybridized carbons (Fsp3) is 0.375. The molecule has 1 aliphatic heterocycles. The molecule has 0 spiro atoms. The summed E-state index contributed by atoms with van der Waals surface area (Å²) in [7, 11) is 1.90. The van der Waals surface area contributed by atoms with Crippen LogP contribution in [0.5, 0.6) is 0 Å². The maximum Gasteiger partial charge on any atom is 0.135 e. The molecule has 0 radical (unpaired) electrons. The van der Waals surface area contributed by atoms with Crippen LogP contribution in [0.2, 0.25) is 0 Å². The molecule has 0 unspecified atom stereocenters. The summed E-state index contributed by atoms with van der Waals surface area (Å²) in [6, 6.07) is 10.6. The largest absolute Gasteiger partial charge is 0.373 e. The quantitative estimate of drug-likeness (QED) is 0.925. The molecule has 0 bridgehead atoms. The van der Waals surface area contributed by atoms with E-state index >= 15 is 0 Å². The van der Waals surface area contributed by atoms with Crippen LogP contribution in [-0.2, 0) is 19.5 Å². The third-order valence-electron chi connectivity index (χ3n) is 3.65. The van der Waals surface area contributed by atoms with Crippen LogP contribution < -0.4 is 10.2 Å². The minimum atomic E-state index is 0.898. The highest BCUT2D eigenvalue weighted by molar-refractivity contribution is 5.52. The lowest BCUT2D eigenvalue weighted by molar-refractivity contribution is 0.800. The molecule has 0 amide bonds. The Kier molecular flexibility index (Phi) is 3.54. The van der Waals surface area contributed by atoms with Crippen molar-refractivity contribution in [3.63, 3.8) is 0 Å². The zero-order valence-electron chi connectivity index (χ0n) is 12.1. The summed E-state index contributed by atoms with van der Waals surface area (Å²) in [6.07, 6.45) is 1.98. The molecule has 104 valence electrons. The second-order valence-corrected chi connectivity index (χ2v) is 5.15. The molecule has 2 heterocycles. The first-order valence-corrected chi connectivity index (χ1v) is 7.17. The van der Waals surface area contributed by atoms with Crippen LogP contribution in [0.4, 0.5) is 11.6 Å². The van der Waals surface area contributed by atoms with E-state index in [4.69, 9.17) is 4.98 Å². The van der Waals surface area contributed by atoms with Crippen LogP contribution in [0.1, 0.15) is 30.3 Å². The van der Waals surface area contributed by atoms with Gasteiger partial charge in [0.15, 0.2) is 0 Å². The van der Waals surface area contributed by atoms with Gasteiger partial charge in [-0.15, -0.1) is 0 Å². The Hall–Kier alpha value is -2.10. The minimum absolute atomic E-state index is 0.898. The van der Waals surface area contributed by atoms with Gasteiger partial charge in [-0.3, -0.25) is 0 Å². The van der Waals surface area contributed by atoms with Gasteiger partial charge >= 0.3 is 0 Å². The summed E-state index contributed by atoms with van der Waals surface area (Å²) in [5.41, 5.74) is 2.79. The molecule has 2 aromatic rings. The molecule has 20 heavy (non-hydrogen) atoms. The Bertz CT molecular complexity index is 584. The van der Waals surface area contributed by atoms with E-state index < -0.39 is 0 Å². The van der Waals surface area contributed by atoms with Gasteiger partial charge < -0.3 is 10.2 Å². The topological polar surface area (TPSA) is 41.1 Å². The van der Waals surface area contributed by atoms with Crippen molar-refractivity contribution in [1.82, 2.24) is 9.97 Å². The van der Waals surface area contributed by atoms with E-state index in [1.54, 1.807) is 0 Å². The van der Waals surface area contributed by atoms with Crippen molar-refractivity contribution in [2.45, 2.75) is 32.9 Å². The Morgan fingerprint density at radius 1 is 1.15 bits per heavy atom. The molecular formula is C16H20N4. The van der Waals surface area contributed by atoms with E-state index in [0.29, 0.717) is 0 Å². The molecule has 0 fully saturated rings. The summed E-state index contributed by atoms with van der Waals surface area (Å²) >= 11 is 0. The molecule has 3 rings (SSSR count). The SMILES string of the molecule is CCCc1nc(NC)cc(N2Cc3ccccc3C2)n1. The lowest BCUT2D eigenvalue weighted by Gasteiger charge is -2.18. The number of hydrogen-bond acceptors (Lipinski definition) is 4. The highest BCUT2D eigenvalue weighted by Gasteiger charge is 2.20. The van der Waals surface area contributed by atoms with E-state index in [0.717, 1.165) is 43.4 Å². The number of rotatable bonds is 4. The Balaban J connectivity index is 1.89. The first kappa shape index (κ1) is 12.9. The van der Waals surface area contributed by atoms with Crippen LogP contribution in [-0.4, -0.2) is 17.0 Å². The van der Waals surface area contributed by atoms with Gasteiger partial charge in [-0.05, 0) is 17.5 Å². The van der Waals surface area contributed by atoms with Crippen molar-refractivity contribution in [2.24, 2.45) is 0 Å². The van der Waals surface area contributed by atoms with E-state index in [-0.39, 0.29) is 0 Å². The number of fused-ring (bicyclic) bond motifs is 1. The summed E-state index contributed by atoms with van der Waals surface area (Å²) < 4.78 is 0. The average Bonchev–Trinajstić information content (AvgIpc) is 2.91. The van der Waals surface area contributed by atoms with Crippen molar-refractivity contribution in [3.05, 3.63) is 47.3 Å². The van der Waals surface area contributed by atoms with E-state index in [9.17, 15) is 0 Å². The number of nitrogens with zero attached hydrogens (tertiary/aromatic N) is 3. The second-order valence-electron chi connectivity index (χ2n) is 5.15. The van der Waals surface area contributed by atoms with E-state index in [1.165, 1.54) is 11.1 Å². The van der Waals surface area contributed by atoms with Gasteiger partial charge in [-0.1, -0.05) is 31.2 Å². The van der Waals surface area contributed by atoms with Gasteiger partial charge in [0.2, 0.25) is 0 Å². The highest BCUT2D eigenvalue weighted by atomic mass is 15.2. The zero-order chi connectivity index (χ0) is 13.9. The molecule has 0 atom stereocenters. The molecule has 0 saturated heterocycles. The maximum absolute atomic E-state index is 4.71. The molecular weight excluding hydrogens is 248 g/mol. The standard InChI is InChI=1S/C16H20N4/c1-3-6-14-18-15(17-2)9-16(19-14)20-10-12-7-4-5-8-13(12)11-20/h4-5,7-9H,3,6,10-11H2,1-2H3,(H,17,18,19). The van der Waals surface area contributed by atoms with E-state index in [1.807, 2.05) is 13.1 Å². The Morgan fingerprint density at radius 2 is 1.85 bits per heavy atom. The van der Waals surface area contributed by atoms with Crippen LogP contribution in [0, 0.1) is 0 Å². The Labute approximate surface area is 119 Å².